The maximum atomic E-state index is 11.9. The number of hydrogen-bond acceptors (Lipinski definition) is 3. The van der Waals surface area contributed by atoms with Crippen LogP contribution in [-0.2, 0) is 9.84 Å². The molecule has 15 heavy (non-hydrogen) atoms. The molecule has 0 spiro atoms. The van der Waals surface area contributed by atoms with Crippen LogP contribution in [0.4, 0.5) is 0 Å². The van der Waals surface area contributed by atoms with E-state index in [0.717, 1.165) is 11.1 Å². The van der Waals surface area contributed by atoms with Gasteiger partial charge in [-0.15, -0.1) is 0 Å². The van der Waals surface area contributed by atoms with Crippen LogP contribution in [0.2, 0.25) is 0 Å². The van der Waals surface area contributed by atoms with E-state index < -0.39 is 9.84 Å². The Morgan fingerprint density at radius 3 is 2.73 bits per heavy atom. The molecule has 2 unspecified atom stereocenters. The van der Waals surface area contributed by atoms with Gasteiger partial charge in [-0.05, 0) is 31.0 Å². The Hall–Kier alpha value is -0.870. The van der Waals surface area contributed by atoms with Gasteiger partial charge in [-0.2, -0.15) is 0 Å². The lowest BCUT2D eigenvalue weighted by Crippen LogP contribution is -2.26. The highest BCUT2D eigenvalue weighted by atomic mass is 32.2. The highest BCUT2D eigenvalue weighted by Gasteiger charge is 2.37. The Balaban J connectivity index is 2.69. The molecule has 2 rings (SSSR count). The molecule has 82 valence electrons. The molecule has 0 aromatic heterocycles. The van der Waals surface area contributed by atoms with Gasteiger partial charge in [-0.1, -0.05) is 12.1 Å². The summed E-state index contributed by atoms with van der Waals surface area (Å²) < 4.78 is 23.7. The van der Waals surface area contributed by atoms with Crippen LogP contribution in [0, 0.1) is 6.92 Å². The van der Waals surface area contributed by atoms with Crippen molar-refractivity contribution in [2.24, 2.45) is 5.73 Å². The lowest BCUT2D eigenvalue weighted by atomic mass is 9.92. The van der Waals surface area contributed by atoms with Gasteiger partial charge in [0, 0.05) is 12.0 Å². The molecule has 1 aliphatic rings. The van der Waals surface area contributed by atoms with E-state index in [4.69, 9.17) is 5.73 Å². The Kier molecular flexibility index (Phi) is 2.35. The zero-order valence-corrected chi connectivity index (χ0v) is 9.71. The first-order chi connectivity index (χ1) is 6.93. The number of nitrogens with two attached hydrogens (primary N) is 1. The van der Waals surface area contributed by atoms with Crippen molar-refractivity contribution < 1.29 is 8.42 Å². The molecule has 0 bridgehead atoms. The molecule has 3 nitrogen and oxygen atoms in total. The van der Waals surface area contributed by atoms with Gasteiger partial charge in [0.25, 0.3) is 0 Å². The molecule has 0 saturated carbocycles. The first kappa shape index (κ1) is 10.6. The third kappa shape index (κ3) is 1.58. The summed E-state index contributed by atoms with van der Waals surface area (Å²) in [6, 6.07) is 5.28. The van der Waals surface area contributed by atoms with Crippen LogP contribution in [-0.4, -0.2) is 20.2 Å². The molecule has 0 aliphatic carbocycles. The maximum absolute atomic E-state index is 11.9. The average Bonchev–Trinajstić information content (AvgIpc) is 2.40. The fourth-order valence-electron chi connectivity index (χ4n) is 2.22. The van der Waals surface area contributed by atoms with Crippen molar-refractivity contribution in [3.8, 4) is 0 Å². The van der Waals surface area contributed by atoms with Gasteiger partial charge in [-0.3, -0.25) is 0 Å². The van der Waals surface area contributed by atoms with Crippen LogP contribution in [0.15, 0.2) is 23.1 Å². The van der Waals surface area contributed by atoms with E-state index in [1.165, 1.54) is 0 Å². The number of fused-ring (bicyclic) bond motifs is 1. The second-order valence-electron chi connectivity index (χ2n) is 4.23. The van der Waals surface area contributed by atoms with Gasteiger partial charge in [0.05, 0.1) is 10.6 Å². The minimum Gasteiger partial charge on any atom is -0.327 e. The quantitative estimate of drug-likeness (QED) is 0.781. The molecule has 2 N–H and O–H groups in total. The van der Waals surface area contributed by atoms with E-state index in [0.29, 0.717) is 4.90 Å². The summed E-state index contributed by atoms with van der Waals surface area (Å²) in [6.45, 7) is 3.80. The summed E-state index contributed by atoms with van der Waals surface area (Å²) >= 11 is 0. The topological polar surface area (TPSA) is 60.2 Å². The highest BCUT2D eigenvalue weighted by Crippen LogP contribution is 2.38. The van der Waals surface area contributed by atoms with E-state index in [-0.39, 0.29) is 17.7 Å². The van der Waals surface area contributed by atoms with Crippen molar-refractivity contribution in [1.29, 1.82) is 0 Å². The summed E-state index contributed by atoms with van der Waals surface area (Å²) in [5.74, 6) is 0.108. The molecular weight excluding hydrogens is 210 g/mol. The summed E-state index contributed by atoms with van der Waals surface area (Å²) in [4.78, 5) is 0.477. The number of aryl methyl sites for hydroxylation is 1. The summed E-state index contributed by atoms with van der Waals surface area (Å²) in [5.41, 5.74) is 7.79. The van der Waals surface area contributed by atoms with Gasteiger partial charge in [-0.25, -0.2) is 8.42 Å². The van der Waals surface area contributed by atoms with E-state index in [1.807, 2.05) is 19.9 Å². The zero-order valence-electron chi connectivity index (χ0n) is 8.90. The van der Waals surface area contributed by atoms with Gasteiger partial charge < -0.3 is 5.73 Å². The maximum Gasteiger partial charge on any atom is 0.179 e. The van der Waals surface area contributed by atoms with E-state index in [1.54, 1.807) is 12.1 Å². The number of rotatable bonds is 1. The smallest absolute Gasteiger partial charge is 0.179 e. The molecule has 1 aromatic carbocycles. The third-order valence-corrected chi connectivity index (χ3v) is 4.85. The zero-order chi connectivity index (χ0) is 11.2. The van der Waals surface area contributed by atoms with Crippen molar-refractivity contribution in [2.45, 2.75) is 30.7 Å². The van der Waals surface area contributed by atoms with Crippen LogP contribution >= 0.6 is 0 Å². The van der Waals surface area contributed by atoms with Crippen LogP contribution in [0.1, 0.15) is 24.0 Å². The Labute approximate surface area is 90.2 Å². The molecule has 0 saturated heterocycles. The predicted molar refractivity (Wildman–Crippen MR) is 59.6 cm³/mol. The van der Waals surface area contributed by atoms with Gasteiger partial charge in [0.2, 0.25) is 0 Å². The van der Waals surface area contributed by atoms with Crippen LogP contribution < -0.4 is 5.73 Å². The molecule has 1 aliphatic heterocycles. The number of sulfone groups is 1. The van der Waals surface area contributed by atoms with Crippen molar-refractivity contribution >= 4 is 9.84 Å². The molecule has 0 radical (unpaired) electrons. The number of hydrogen-bond donors (Lipinski definition) is 1. The summed E-state index contributed by atoms with van der Waals surface area (Å²) in [5, 5.41) is 0. The van der Waals surface area contributed by atoms with Crippen LogP contribution in [0.5, 0.6) is 0 Å². The van der Waals surface area contributed by atoms with Crippen molar-refractivity contribution in [1.82, 2.24) is 0 Å². The average molecular weight is 225 g/mol. The Bertz CT molecular complexity index is 491. The van der Waals surface area contributed by atoms with Crippen LogP contribution in [0.3, 0.4) is 0 Å². The molecular formula is C11H15NO2S. The summed E-state index contributed by atoms with van der Waals surface area (Å²) in [6.07, 6.45) is 0. The molecule has 2 atom stereocenters. The molecule has 0 amide bonds. The Morgan fingerprint density at radius 1 is 1.47 bits per heavy atom. The van der Waals surface area contributed by atoms with Gasteiger partial charge >= 0.3 is 0 Å². The molecule has 0 fully saturated rings. The van der Waals surface area contributed by atoms with Crippen molar-refractivity contribution in [3.05, 3.63) is 29.3 Å². The van der Waals surface area contributed by atoms with E-state index in [2.05, 4.69) is 0 Å². The second kappa shape index (κ2) is 3.32. The molecule has 1 aromatic rings. The lowest BCUT2D eigenvalue weighted by Gasteiger charge is -2.15. The second-order valence-corrected chi connectivity index (χ2v) is 6.24. The van der Waals surface area contributed by atoms with Gasteiger partial charge in [0.15, 0.2) is 9.84 Å². The normalized spacial score (nSPS) is 24.9. The third-order valence-electron chi connectivity index (χ3n) is 3.02. The Morgan fingerprint density at radius 2 is 2.13 bits per heavy atom. The largest absolute Gasteiger partial charge is 0.327 e. The SMILES string of the molecule is Cc1cccc2c1C(C(C)N)CS2(=O)=O. The predicted octanol–water partition coefficient (Wildman–Crippen LogP) is 1.21. The van der Waals surface area contributed by atoms with Crippen molar-refractivity contribution in [3.63, 3.8) is 0 Å². The fourth-order valence-corrected chi connectivity index (χ4v) is 4.28. The minimum atomic E-state index is -3.10. The summed E-state index contributed by atoms with van der Waals surface area (Å²) in [7, 11) is -3.10. The number of benzene rings is 1. The highest BCUT2D eigenvalue weighted by molar-refractivity contribution is 7.91. The van der Waals surface area contributed by atoms with E-state index in [9.17, 15) is 8.42 Å². The first-order valence-corrected chi connectivity index (χ1v) is 6.66. The van der Waals surface area contributed by atoms with Gasteiger partial charge in [0.1, 0.15) is 0 Å². The lowest BCUT2D eigenvalue weighted by molar-refractivity contribution is 0.584. The molecule has 1 heterocycles. The van der Waals surface area contributed by atoms with Crippen molar-refractivity contribution in [2.75, 3.05) is 5.75 Å². The molecule has 4 heteroatoms. The standard InChI is InChI=1S/C11H15NO2S/c1-7-4-3-5-10-11(7)9(8(2)12)6-15(10,13)14/h3-5,8-9H,6,12H2,1-2H3. The minimum absolute atomic E-state index is 0.0498. The van der Waals surface area contributed by atoms with E-state index >= 15 is 0 Å². The fraction of sp³-hybridized carbons (Fsp3) is 0.455. The monoisotopic (exact) mass is 225 g/mol. The first-order valence-electron chi connectivity index (χ1n) is 5.01. The van der Waals surface area contributed by atoms with Crippen LogP contribution in [0.25, 0.3) is 0 Å².